The number of pyridine rings is 1. The number of ether oxygens (including phenoxy) is 1. The van der Waals surface area contributed by atoms with Crippen LogP contribution < -0.4 is 4.74 Å². The first-order valence-electron chi connectivity index (χ1n) is 4.66. The Bertz CT molecular complexity index is 477. The molecule has 0 bridgehead atoms. The van der Waals surface area contributed by atoms with Crippen LogP contribution in [-0.4, -0.2) is 12.1 Å². The van der Waals surface area contributed by atoms with E-state index in [-0.39, 0.29) is 0 Å². The summed E-state index contributed by atoms with van der Waals surface area (Å²) in [6.45, 7) is 0. The van der Waals surface area contributed by atoms with Crippen LogP contribution in [0.2, 0.25) is 10.2 Å². The van der Waals surface area contributed by atoms with Crippen LogP contribution in [-0.2, 0) is 0 Å². The van der Waals surface area contributed by atoms with E-state index in [0.717, 1.165) is 17.0 Å². The van der Waals surface area contributed by atoms with E-state index in [2.05, 4.69) is 4.98 Å². The Kier molecular flexibility index (Phi) is 3.32. The van der Waals surface area contributed by atoms with Crippen LogP contribution in [0.25, 0.3) is 11.3 Å². The molecule has 0 spiro atoms. The number of aromatic nitrogens is 1. The molecule has 0 unspecified atom stereocenters. The lowest BCUT2D eigenvalue weighted by atomic mass is 10.1. The third-order valence-electron chi connectivity index (χ3n) is 2.14. The molecule has 16 heavy (non-hydrogen) atoms. The Morgan fingerprint density at radius 2 is 1.75 bits per heavy atom. The number of hydrogen-bond donors (Lipinski definition) is 0. The van der Waals surface area contributed by atoms with Crippen molar-refractivity contribution < 1.29 is 4.74 Å². The maximum atomic E-state index is 5.91. The Hall–Kier alpha value is -1.25. The molecule has 0 saturated carbocycles. The van der Waals surface area contributed by atoms with E-state index < -0.39 is 0 Å². The van der Waals surface area contributed by atoms with Gasteiger partial charge in [0.15, 0.2) is 0 Å². The van der Waals surface area contributed by atoms with Gasteiger partial charge >= 0.3 is 0 Å². The number of methoxy groups -OCH3 is 1. The molecule has 2 nitrogen and oxygen atoms in total. The van der Waals surface area contributed by atoms with Gasteiger partial charge in [0.2, 0.25) is 0 Å². The van der Waals surface area contributed by atoms with Crippen molar-refractivity contribution in [2.45, 2.75) is 0 Å². The Balaban J connectivity index is 2.42. The first kappa shape index (κ1) is 11.2. The van der Waals surface area contributed by atoms with Gasteiger partial charge in [0, 0.05) is 10.6 Å². The summed E-state index contributed by atoms with van der Waals surface area (Å²) in [4.78, 5) is 4.20. The molecular formula is C12H9Cl2NO. The second-order valence-electron chi connectivity index (χ2n) is 3.22. The standard InChI is InChI=1S/C12H9Cl2NO/c1-16-10-4-2-8(3-5-10)11-6-9(13)7-12(14)15-11/h2-7H,1H3. The maximum absolute atomic E-state index is 5.91. The zero-order valence-corrected chi connectivity index (χ0v) is 10.1. The van der Waals surface area contributed by atoms with Crippen molar-refractivity contribution in [3.63, 3.8) is 0 Å². The van der Waals surface area contributed by atoms with Gasteiger partial charge in [-0.05, 0) is 36.4 Å². The number of hydrogen-bond acceptors (Lipinski definition) is 2. The maximum Gasteiger partial charge on any atom is 0.131 e. The van der Waals surface area contributed by atoms with Gasteiger partial charge in [-0.2, -0.15) is 0 Å². The number of rotatable bonds is 2. The van der Waals surface area contributed by atoms with Crippen molar-refractivity contribution in [3.05, 3.63) is 46.6 Å². The molecule has 2 aromatic rings. The average Bonchev–Trinajstić information content (AvgIpc) is 2.28. The molecule has 1 heterocycles. The second-order valence-corrected chi connectivity index (χ2v) is 4.05. The predicted molar refractivity (Wildman–Crippen MR) is 66.2 cm³/mol. The predicted octanol–water partition coefficient (Wildman–Crippen LogP) is 4.06. The van der Waals surface area contributed by atoms with Crippen LogP contribution in [0, 0.1) is 0 Å². The van der Waals surface area contributed by atoms with Crippen LogP contribution in [0.15, 0.2) is 36.4 Å². The van der Waals surface area contributed by atoms with Gasteiger partial charge in [0.1, 0.15) is 10.9 Å². The van der Waals surface area contributed by atoms with E-state index in [4.69, 9.17) is 27.9 Å². The summed E-state index contributed by atoms with van der Waals surface area (Å²) >= 11 is 11.7. The average molecular weight is 254 g/mol. The van der Waals surface area contributed by atoms with E-state index in [1.165, 1.54) is 0 Å². The van der Waals surface area contributed by atoms with Gasteiger partial charge in [-0.3, -0.25) is 0 Å². The lowest BCUT2D eigenvalue weighted by Gasteiger charge is -2.04. The van der Waals surface area contributed by atoms with Crippen LogP contribution in [0.5, 0.6) is 5.75 Å². The fourth-order valence-corrected chi connectivity index (χ4v) is 1.85. The zero-order valence-electron chi connectivity index (χ0n) is 8.58. The summed E-state index contributed by atoms with van der Waals surface area (Å²) < 4.78 is 5.08. The minimum Gasteiger partial charge on any atom is -0.497 e. The number of halogens is 2. The highest BCUT2D eigenvalue weighted by molar-refractivity contribution is 6.34. The quantitative estimate of drug-likeness (QED) is 0.754. The monoisotopic (exact) mass is 253 g/mol. The molecule has 4 heteroatoms. The Morgan fingerprint density at radius 1 is 1.06 bits per heavy atom. The van der Waals surface area contributed by atoms with E-state index in [1.54, 1.807) is 19.2 Å². The van der Waals surface area contributed by atoms with Gasteiger partial charge in [-0.15, -0.1) is 0 Å². The van der Waals surface area contributed by atoms with E-state index in [0.29, 0.717) is 10.2 Å². The fraction of sp³-hybridized carbons (Fsp3) is 0.0833. The molecule has 1 aromatic heterocycles. The minimum absolute atomic E-state index is 0.387. The minimum atomic E-state index is 0.387. The first-order chi connectivity index (χ1) is 7.69. The molecule has 0 N–H and O–H groups in total. The van der Waals surface area contributed by atoms with Crippen molar-refractivity contribution in [3.8, 4) is 17.0 Å². The van der Waals surface area contributed by atoms with Crippen LogP contribution in [0.4, 0.5) is 0 Å². The molecule has 0 amide bonds. The molecular weight excluding hydrogens is 245 g/mol. The van der Waals surface area contributed by atoms with E-state index in [9.17, 15) is 0 Å². The molecule has 0 saturated heterocycles. The van der Waals surface area contributed by atoms with E-state index in [1.807, 2.05) is 24.3 Å². The second kappa shape index (κ2) is 4.73. The van der Waals surface area contributed by atoms with Crippen molar-refractivity contribution in [1.29, 1.82) is 0 Å². The van der Waals surface area contributed by atoms with Crippen LogP contribution in [0.1, 0.15) is 0 Å². The zero-order chi connectivity index (χ0) is 11.5. The fourth-order valence-electron chi connectivity index (χ4n) is 1.38. The highest BCUT2D eigenvalue weighted by atomic mass is 35.5. The summed E-state index contributed by atoms with van der Waals surface area (Å²) in [6, 6.07) is 10.9. The summed E-state index contributed by atoms with van der Waals surface area (Å²) in [6.07, 6.45) is 0. The van der Waals surface area contributed by atoms with Gasteiger partial charge in [0.05, 0.1) is 12.8 Å². The molecule has 82 valence electrons. The normalized spacial score (nSPS) is 10.2. The van der Waals surface area contributed by atoms with Crippen molar-refractivity contribution in [2.24, 2.45) is 0 Å². The van der Waals surface area contributed by atoms with Gasteiger partial charge in [0.25, 0.3) is 0 Å². The van der Waals surface area contributed by atoms with Crippen LogP contribution >= 0.6 is 23.2 Å². The van der Waals surface area contributed by atoms with Crippen molar-refractivity contribution >= 4 is 23.2 Å². The lowest BCUT2D eigenvalue weighted by Crippen LogP contribution is -1.86. The van der Waals surface area contributed by atoms with Gasteiger partial charge in [-0.25, -0.2) is 4.98 Å². The molecule has 0 radical (unpaired) electrons. The molecule has 2 rings (SSSR count). The summed E-state index contributed by atoms with van der Waals surface area (Å²) in [7, 11) is 1.63. The number of nitrogens with zero attached hydrogens (tertiary/aromatic N) is 1. The molecule has 1 aromatic carbocycles. The molecule has 0 aliphatic carbocycles. The molecule has 0 aliphatic heterocycles. The third kappa shape index (κ3) is 2.46. The Morgan fingerprint density at radius 3 is 2.31 bits per heavy atom. The van der Waals surface area contributed by atoms with Crippen molar-refractivity contribution in [2.75, 3.05) is 7.11 Å². The Labute approximate surface area is 104 Å². The summed E-state index contributed by atoms with van der Waals surface area (Å²) in [5, 5.41) is 0.962. The largest absolute Gasteiger partial charge is 0.497 e. The highest BCUT2D eigenvalue weighted by Gasteiger charge is 2.03. The lowest BCUT2D eigenvalue weighted by molar-refractivity contribution is 0.415. The topological polar surface area (TPSA) is 22.1 Å². The molecule has 0 fully saturated rings. The SMILES string of the molecule is COc1ccc(-c2cc(Cl)cc(Cl)n2)cc1. The van der Waals surface area contributed by atoms with Crippen LogP contribution in [0.3, 0.4) is 0 Å². The summed E-state index contributed by atoms with van der Waals surface area (Å²) in [5.74, 6) is 0.803. The van der Waals surface area contributed by atoms with Crippen molar-refractivity contribution in [1.82, 2.24) is 4.98 Å². The first-order valence-corrected chi connectivity index (χ1v) is 5.42. The number of benzene rings is 1. The highest BCUT2D eigenvalue weighted by Crippen LogP contribution is 2.25. The molecule has 0 atom stereocenters. The van der Waals surface area contributed by atoms with Gasteiger partial charge < -0.3 is 4.74 Å². The molecule has 0 aliphatic rings. The smallest absolute Gasteiger partial charge is 0.131 e. The van der Waals surface area contributed by atoms with Gasteiger partial charge in [-0.1, -0.05) is 23.2 Å². The van der Waals surface area contributed by atoms with E-state index >= 15 is 0 Å². The third-order valence-corrected chi connectivity index (χ3v) is 2.56. The summed E-state index contributed by atoms with van der Waals surface area (Å²) in [5.41, 5.74) is 1.70.